The van der Waals surface area contributed by atoms with Crippen molar-refractivity contribution in [3.8, 4) is 0 Å². The molecular formula is C13H26N2O. The van der Waals surface area contributed by atoms with E-state index < -0.39 is 0 Å². The number of nitrogens with one attached hydrogen (secondary N) is 1. The van der Waals surface area contributed by atoms with E-state index in [1.165, 1.54) is 51.6 Å². The monoisotopic (exact) mass is 226 g/mol. The lowest BCUT2D eigenvalue weighted by atomic mass is 10.0. The highest BCUT2D eigenvalue weighted by Gasteiger charge is 2.19. The van der Waals surface area contributed by atoms with E-state index >= 15 is 0 Å². The lowest BCUT2D eigenvalue weighted by Crippen LogP contribution is -2.39. The van der Waals surface area contributed by atoms with E-state index in [2.05, 4.69) is 17.3 Å². The van der Waals surface area contributed by atoms with Crippen molar-refractivity contribution >= 4 is 0 Å². The van der Waals surface area contributed by atoms with Crippen LogP contribution in [0.2, 0.25) is 0 Å². The number of likely N-dealkylation sites (tertiary alicyclic amines) is 1. The zero-order valence-corrected chi connectivity index (χ0v) is 10.6. The minimum atomic E-state index is 0.475. The average molecular weight is 226 g/mol. The maximum atomic E-state index is 5.94. The Kier molecular flexibility index (Phi) is 5.07. The molecule has 1 N–H and O–H groups in total. The average Bonchev–Trinajstić information content (AvgIpc) is 2.33. The Balaban J connectivity index is 1.59. The van der Waals surface area contributed by atoms with Gasteiger partial charge in [-0.3, -0.25) is 0 Å². The molecule has 3 heteroatoms. The molecule has 2 aliphatic heterocycles. The van der Waals surface area contributed by atoms with Crippen molar-refractivity contribution < 1.29 is 4.74 Å². The Hall–Kier alpha value is -0.120. The fourth-order valence-electron chi connectivity index (χ4n) is 2.84. The predicted octanol–water partition coefficient (Wildman–Crippen LogP) is 1.63. The standard InChI is InChI=1S/C13H26N2O/c1-15-9-3-2-5-12(15)7-10-16-13-6-4-8-14-11-13/h12-14H,2-11H2,1H3/t12?,13-/m0/s1. The van der Waals surface area contributed by atoms with Gasteiger partial charge in [-0.15, -0.1) is 0 Å². The van der Waals surface area contributed by atoms with E-state index in [-0.39, 0.29) is 0 Å². The Morgan fingerprint density at radius 3 is 2.94 bits per heavy atom. The van der Waals surface area contributed by atoms with Crippen molar-refractivity contribution in [2.75, 3.05) is 33.3 Å². The van der Waals surface area contributed by atoms with Crippen LogP contribution < -0.4 is 5.32 Å². The molecule has 0 aromatic rings. The summed E-state index contributed by atoms with van der Waals surface area (Å²) < 4.78 is 5.94. The number of hydrogen-bond acceptors (Lipinski definition) is 3. The van der Waals surface area contributed by atoms with Crippen molar-refractivity contribution in [3.05, 3.63) is 0 Å². The van der Waals surface area contributed by atoms with E-state index in [0.29, 0.717) is 6.10 Å². The fraction of sp³-hybridized carbons (Fsp3) is 1.00. The van der Waals surface area contributed by atoms with Crippen LogP contribution in [0.3, 0.4) is 0 Å². The van der Waals surface area contributed by atoms with Crippen molar-refractivity contribution in [2.45, 2.75) is 50.7 Å². The van der Waals surface area contributed by atoms with Gasteiger partial charge in [-0.05, 0) is 52.2 Å². The molecule has 16 heavy (non-hydrogen) atoms. The normalized spacial score (nSPS) is 32.8. The van der Waals surface area contributed by atoms with Crippen LogP contribution in [0.25, 0.3) is 0 Å². The van der Waals surface area contributed by atoms with Gasteiger partial charge < -0.3 is 15.0 Å². The molecule has 0 saturated carbocycles. The molecule has 3 nitrogen and oxygen atoms in total. The highest BCUT2D eigenvalue weighted by Crippen LogP contribution is 2.18. The number of hydrogen-bond donors (Lipinski definition) is 1. The van der Waals surface area contributed by atoms with Gasteiger partial charge >= 0.3 is 0 Å². The van der Waals surface area contributed by atoms with Gasteiger partial charge in [0.1, 0.15) is 0 Å². The summed E-state index contributed by atoms with van der Waals surface area (Å²) in [6.07, 6.45) is 8.35. The van der Waals surface area contributed by atoms with E-state index in [4.69, 9.17) is 4.74 Å². The predicted molar refractivity (Wildman–Crippen MR) is 66.7 cm³/mol. The molecule has 0 bridgehead atoms. The molecule has 0 aromatic heterocycles. The van der Waals surface area contributed by atoms with Crippen molar-refractivity contribution in [3.63, 3.8) is 0 Å². The van der Waals surface area contributed by atoms with Gasteiger partial charge in [0.15, 0.2) is 0 Å². The Bertz CT molecular complexity index is 192. The Morgan fingerprint density at radius 1 is 1.25 bits per heavy atom. The van der Waals surface area contributed by atoms with Crippen LogP contribution >= 0.6 is 0 Å². The minimum Gasteiger partial charge on any atom is -0.377 e. The fourth-order valence-corrected chi connectivity index (χ4v) is 2.84. The largest absolute Gasteiger partial charge is 0.377 e. The third-order valence-corrected chi connectivity index (χ3v) is 3.98. The van der Waals surface area contributed by atoms with Crippen LogP contribution in [0.5, 0.6) is 0 Å². The van der Waals surface area contributed by atoms with Gasteiger partial charge in [0, 0.05) is 19.2 Å². The summed E-state index contributed by atoms with van der Waals surface area (Å²) in [5, 5.41) is 3.40. The van der Waals surface area contributed by atoms with Gasteiger partial charge in [0.05, 0.1) is 6.10 Å². The maximum absolute atomic E-state index is 5.94. The zero-order chi connectivity index (χ0) is 11.2. The van der Waals surface area contributed by atoms with Crippen molar-refractivity contribution in [1.29, 1.82) is 0 Å². The highest BCUT2D eigenvalue weighted by atomic mass is 16.5. The molecule has 2 rings (SSSR count). The molecule has 0 amide bonds. The molecule has 2 fully saturated rings. The molecule has 0 spiro atoms. The summed E-state index contributed by atoms with van der Waals surface area (Å²) in [6.45, 7) is 4.45. The molecule has 1 unspecified atom stereocenters. The number of rotatable bonds is 4. The van der Waals surface area contributed by atoms with Crippen LogP contribution in [0.1, 0.15) is 38.5 Å². The summed E-state index contributed by atoms with van der Waals surface area (Å²) in [6, 6.07) is 0.769. The number of ether oxygens (including phenoxy) is 1. The van der Waals surface area contributed by atoms with Crippen LogP contribution in [-0.2, 0) is 4.74 Å². The SMILES string of the molecule is CN1CCCCC1CCO[C@H]1CCCNC1. The Labute approximate surface area is 99.5 Å². The Morgan fingerprint density at radius 2 is 2.19 bits per heavy atom. The third kappa shape index (κ3) is 3.72. The molecule has 0 aliphatic carbocycles. The molecule has 0 aromatic carbocycles. The lowest BCUT2D eigenvalue weighted by molar-refractivity contribution is 0.0212. The third-order valence-electron chi connectivity index (χ3n) is 3.98. The van der Waals surface area contributed by atoms with Crippen LogP contribution in [0.4, 0.5) is 0 Å². The van der Waals surface area contributed by atoms with E-state index in [9.17, 15) is 0 Å². The van der Waals surface area contributed by atoms with Gasteiger partial charge in [0.2, 0.25) is 0 Å². The molecule has 2 heterocycles. The van der Waals surface area contributed by atoms with Crippen LogP contribution in [-0.4, -0.2) is 50.3 Å². The van der Waals surface area contributed by atoms with Crippen molar-refractivity contribution in [1.82, 2.24) is 10.2 Å². The van der Waals surface area contributed by atoms with Crippen LogP contribution in [0.15, 0.2) is 0 Å². The number of piperidine rings is 2. The van der Waals surface area contributed by atoms with Gasteiger partial charge in [-0.1, -0.05) is 6.42 Å². The zero-order valence-electron chi connectivity index (χ0n) is 10.6. The maximum Gasteiger partial charge on any atom is 0.0699 e. The second kappa shape index (κ2) is 6.58. The first kappa shape index (κ1) is 12.3. The van der Waals surface area contributed by atoms with Crippen LogP contribution in [0, 0.1) is 0 Å². The van der Waals surface area contributed by atoms with Gasteiger partial charge in [-0.2, -0.15) is 0 Å². The molecule has 2 saturated heterocycles. The molecule has 0 radical (unpaired) electrons. The minimum absolute atomic E-state index is 0.475. The molecular weight excluding hydrogens is 200 g/mol. The van der Waals surface area contributed by atoms with E-state index in [1.54, 1.807) is 0 Å². The first-order chi connectivity index (χ1) is 7.86. The van der Waals surface area contributed by atoms with E-state index in [0.717, 1.165) is 19.2 Å². The first-order valence-corrected chi connectivity index (χ1v) is 6.89. The summed E-state index contributed by atoms with van der Waals surface area (Å²) >= 11 is 0. The smallest absolute Gasteiger partial charge is 0.0699 e. The highest BCUT2D eigenvalue weighted by molar-refractivity contribution is 4.74. The van der Waals surface area contributed by atoms with E-state index in [1.807, 2.05) is 0 Å². The quantitative estimate of drug-likeness (QED) is 0.788. The summed E-state index contributed by atoms with van der Waals surface area (Å²) in [4.78, 5) is 2.51. The molecule has 2 aliphatic rings. The lowest BCUT2D eigenvalue weighted by Gasteiger charge is -2.33. The second-order valence-corrected chi connectivity index (χ2v) is 5.26. The molecule has 94 valence electrons. The topological polar surface area (TPSA) is 24.5 Å². The molecule has 2 atom stereocenters. The summed E-state index contributed by atoms with van der Waals surface area (Å²) in [5.74, 6) is 0. The van der Waals surface area contributed by atoms with Crippen molar-refractivity contribution in [2.24, 2.45) is 0 Å². The first-order valence-electron chi connectivity index (χ1n) is 6.89. The van der Waals surface area contributed by atoms with Gasteiger partial charge in [-0.25, -0.2) is 0 Å². The summed E-state index contributed by atoms with van der Waals surface area (Å²) in [7, 11) is 2.26. The summed E-state index contributed by atoms with van der Waals surface area (Å²) in [5.41, 5.74) is 0. The number of nitrogens with zero attached hydrogens (tertiary/aromatic N) is 1. The van der Waals surface area contributed by atoms with Gasteiger partial charge in [0.25, 0.3) is 0 Å². The second-order valence-electron chi connectivity index (χ2n) is 5.26.